The normalized spacial score (nSPS) is 10.5. The molecule has 0 fully saturated rings. The molecule has 0 aliphatic heterocycles. The molecule has 210 valence electrons. The SMILES string of the molecule is C=CC(=O)Oc1ccc(-c2ccc(/C=C/C(=O)c3ccc(OCCCOC(=O)C(=C)CC(=O)OC)cc3)cc2)cc1. The molecule has 8 nitrogen and oxygen atoms in total. The second-order valence-electron chi connectivity index (χ2n) is 8.69. The average Bonchev–Trinajstić information content (AvgIpc) is 3.00. The van der Waals surface area contributed by atoms with E-state index in [-0.39, 0.29) is 24.4 Å². The Kier molecular flexibility index (Phi) is 11.4. The molecule has 3 rings (SSSR count). The number of rotatable bonds is 14. The van der Waals surface area contributed by atoms with Crippen LogP contribution in [0.1, 0.15) is 28.8 Å². The van der Waals surface area contributed by atoms with Crippen molar-refractivity contribution in [3.63, 3.8) is 0 Å². The fourth-order valence-electron chi connectivity index (χ4n) is 3.48. The van der Waals surface area contributed by atoms with Gasteiger partial charge in [0.15, 0.2) is 5.78 Å². The Morgan fingerprint density at radius 2 is 1.41 bits per heavy atom. The third-order valence-electron chi connectivity index (χ3n) is 5.71. The van der Waals surface area contributed by atoms with E-state index in [1.807, 2.05) is 36.4 Å². The average molecular weight is 555 g/mol. The number of ketones is 1. The van der Waals surface area contributed by atoms with Crippen LogP contribution in [0.2, 0.25) is 0 Å². The van der Waals surface area contributed by atoms with Crippen molar-refractivity contribution in [1.82, 2.24) is 0 Å². The zero-order valence-corrected chi connectivity index (χ0v) is 22.7. The summed E-state index contributed by atoms with van der Waals surface area (Å²) >= 11 is 0. The fraction of sp³-hybridized carbons (Fsp3) is 0.152. The van der Waals surface area contributed by atoms with Crippen LogP contribution in [0.15, 0.2) is 104 Å². The molecule has 0 saturated carbocycles. The van der Waals surface area contributed by atoms with Crippen LogP contribution in [0.3, 0.4) is 0 Å². The molecule has 0 saturated heterocycles. The van der Waals surface area contributed by atoms with Gasteiger partial charge in [0, 0.05) is 23.6 Å². The highest BCUT2D eigenvalue weighted by molar-refractivity contribution is 6.06. The molecule has 0 aliphatic carbocycles. The molecule has 0 bridgehead atoms. The van der Waals surface area contributed by atoms with Gasteiger partial charge in [0.25, 0.3) is 0 Å². The molecule has 0 radical (unpaired) electrons. The molecule has 41 heavy (non-hydrogen) atoms. The van der Waals surface area contributed by atoms with Gasteiger partial charge in [0.05, 0.1) is 26.7 Å². The second kappa shape index (κ2) is 15.4. The minimum absolute atomic E-state index is 0.0290. The molecule has 0 unspecified atom stereocenters. The second-order valence-corrected chi connectivity index (χ2v) is 8.69. The van der Waals surface area contributed by atoms with Crippen LogP contribution in [0.4, 0.5) is 0 Å². The zero-order chi connectivity index (χ0) is 29.6. The number of methoxy groups -OCH3 is 1. The van der Waals surface area contributed by atoms with Crippen molar-refractivity contribution >= 4 is 29.8 Å². The first-order chi connectivity index (χ1) is 19.8. The quantitative estimate of drug-likeness (QED) is 0.0813. The van der Waals surface area contributed by atoms with E-state index in [9.17, 15) is 19.2 Å². The summed E-state index contributed by atoms with van der Waals surface area (Å²) in [4.78, 5) is 46.8. The lowest BCUT2D eigenvalue weighted by Crippen LogP contribution is -2.13. The van der Waals surface area contributed by atoms with Crippen LogP contribution in [0.25, 0.3) is 17.2 Å². The highest BCUT2D eigenvalue weighted by Gasteiger charge is 2.13. The summed E-state index contributed by atoms with van der Waals surface area (Å²) in [5.74, 6) is -0.849. The third-order valence-corrected chi connectivity index (χ3v) is 5.71. The summed E-state index contributed by atoms with van der Waals surface area (Å²) in [6, 6.07) is 21.6. The number of esters is 3. The molecule has 3 aromatic carbocycles. The van der Waals surface area contributed by atoms with Gasteiger partial charge < -0.3 is 18.9 Å². The Labute approximate surface area is 238 Å². The zero-order valence-electron chi connectivity index (χ0n) is 22.7. The highest BCUT2D eigenvalue weighted by atomic mass is 16.5. The monoisotopic (exact) mass is 554 g/mol. The molecular weight excluding hydrogens is 524 g/mol. The first-order valence-corrected chi connectivity index (χ1v) is 12.7. The van der Waals surface area contributed by atoms with Crippen LogP contribution < -0.4 is 9.47 Å². The fourth-order valence-corrected chi connectivity index (χ4v) is 3.48. The van der Waals surface area contributed by atoms with Crippen molar-refractivity contribution < 1.29 is 38.1 Å². The van der Waals surface area contributed by atoms with Gasteiger partial charge in [0.2, 0.25) is 0 Å². The van der Waals surface area contributed by atoms with Crippen LogP contribution in [-0.2, 0) is 23.9 Å². The van der Waals surface area contributed by atoms with Crippen molar-refractivity contribution in [2.24, 2.45) is 0 Å². The number of carbonyl (C=O) groups is 4. The Morgan fingerprint density at radius 1 is 0.805 bits per heavy atom. The minimum atomic E-state index is -0.651. The summed E-state index contributed by atoms with van der Waals surface area (Å²) < 4.78 is 20.3. The van der Waals surface area contributed by atoms with Crippen molar-refractivity contribution in [3.8, 4) is 22.6 Å². The first kappa shape index (κ1) is 30.3. The van der Waals surface area contributed by atoms with Crippen LogP contribution in [0, 0.1) is 0 Å². The molecule has 3 aromatic rings. The molecule has 0 amide bonds. The molecule has 8 heteroatoms. The van der Waals surface area contributed by atoms with Gasteiger partial charge in [-0.3, -0.25) is 9.59 Å². The van der Waals surface area contributed by atoms with Crippen molar-refractivity contribution in [3.05, 3.63) is 115 Å². The summed E-state index contributed by atoms with van der Waals surface area (Å²) in [6.45, 7) is 7.30. The predicted octanol–water partition coefficient (Wildman–Crippen LogP) is 5.77. The minimum Gasteiger partial charge on any atom is -0.493 e. The third kappa shape index (κ3) is 9.78. The molecule has 0 atom stereocenters. The van der Waals surface area contributed by atoms with Gasteiger partial charge in [-0.15, -0.1) is 0 Å². The Bertz CT molecular complexity index is 1420. The Balaban J connectivity index is 1.43. The van der Waals surface area contributed by atoms with E-state index in [4.69, 9.17) is 14.2 Å². The predicted molar refractivity (Wildman–Crippen MR) is 154 cm³/mol. The van der Waals surface area contributed by atoms with Gasteiger partial charge in [-0.05, 0) is 59.2 Å². The molecular formula is C33H30O8. The number of ether oxygens (including phenoxy) is 4. The lowest BCUT2D eigenvalue weighted by atomic mass is 10.0. The highest BCUT2D eigenvalue weighted by Crippen LogP contribution is 2.23. The van der Waals surface area contributed by atoms with E-state index in [0.717, 1.165) is 22.8 Å². The van der Waals surface area contributed by atoms with Crippen molar-refractivity contribution in [2.75, 3.05) is 20.3 Å². The van der Waals surface area contributed by atoms with Gasteiger partial charge in [-0.2, -0.15) is 0 Å². The summed E-state index contributed by atoms with van der Waals surface area (Å²) in [5.41, 5.74) is 3.35. The van der Waals surface area contributed by atoms with Crippen LogP contribution >= 0.6 is 0 Å². The Hall–Kier alpha value is -5.24. The summed E-state index contributed by atoms with van der Waals surface area (Å²) in [7, 11) is 1.23. The maximum absolute atomic E-state index is 12.6. The molecule has 0 aromatic heterocycles. The maximum atomic E-state index is 12.6. The van der Waals surface area contributed by atoms with E-state index in [0.29, 0.717) is 30.1 Å². The van der Waals surface area contributed by atoms with Crippen LogP contribution in [0.5, 0.6) is 11.5 Å². The van der Waals surface area contributed by atoms with E-state index in [1.165, 1.54) is 13.2 Å². The summed E-state index contributed by atoms with van der Waals surface area (Å²) in [5, 5.41) is 0. The lowest BCUT2D eigenvalue weighted by Gasteiger charge is -2.08. The van der Waals surface area contributed by atoms with E-state index < -0.39 is 17.9 Å². The molecule has 0 aliphatic rings. The first-order valence-electron chi connectivity index (χ1n) is 12.7. The van der Waals surface area contributed by atoms with Gasteiger partial charge in [-0.25, -0.2) is 9.59 Å². The van der Waals surface area contributed by atoms with Crippen molar-refractivity contribution in [1.29, 1.82) is 0 Å². The van der Waals surface area contributed by atoms with Crippen LogP contribution in [-0.4, -0.2) is 44.0 Å². The number of hydrogen-bond donors (Lipinski definition) is 0. The topological polar surface area (TPSA) is 105 Å². The van der Waals surface area contributed by atoms with E-state index in [2.05, 4.69) is 17.9 Å². The summed E-state index contributed by atoms with van der Waals surface area (Å²) in [6.07, 6.45) is 4.59. The lowest BCUT2D eigenvalue weighted by molar-refractivity contribution is -0.144. The molecule has 0 N–H and O–H groups in total. The number of allylic oxidation sites excluding steroid dienone is 1. The maximum Gasteiger partial charge on any atom is 0.335 e. The van der Waals surface area contributed by atoms with Gasteiger partial charge >= 0.3 is 17.9 Å². The smallest absolute Gasteiger partial charge is 0.335 e. The standard InChI is InChI=1S/C33H30O8/c1-4-31(35)41-29-17-11-26(12-18-29)25-9-6-24(7-10-25)8-19-30(34)27-13-15-28(16-14-27)39-20-5-21-40-33(37)23(2)22-32(36)38-3/h4,6-19H,1-2,5,20-22H2,3H3/b19-8+. The number of benzene rings is 3. The van der Waals surface area contributed by atoms with E-state index in [1.54, 1.807) is 42.5 Å². The van der Waals surface area contributed by atoms with Gasteiger partial charge in [-0.1, -0.05) is 55.6 Å². The number of carbonyl (C=O) groups excluding carboxylic acids is 4. The molecule has 0 spiro atoms. The Morgan fingerprint density at radius 3 is 2.02 bits per heavy atom. The van der Waals surface area contributed by atoms with Crippen molar-refractivity contribution in [2.45, 2.75) is 12.8 Å². The number of hydrogen-bond acceptors (Lipinski definition) is 8. The largest absolute Gasteiger partial charge is 0.493 e. The molecule has 0 heterocycles. The van der Waals surface area contributed by atoms with Gasteiger partial charge in [0.1, 0.15) is 11.5 Å². The van der Waals surface area contributed by atoms with E-state index >= 15 is 0 Å².